The van der Waals surface area contributed by atoms with Crippen molar-refractivity contribution in [1.29, 1.82) is 0 Å². The minimum atomic E-state index is -0.842. The van der Waals surface area contributed by atoms with Crippen molar-refractivity contribution in [3.8, 4) is 0 Å². The van der Waals surface area contributed by atoms with Crippen LogP contribution in [0.25, 0.3) is 0 Å². The Morgan fingerprint density at radius 3 is 2.39 bits per heavy atom. The number of hydrogen-bond acceptors (Lipinski definition) is 6. The third-order valence-corrected chi connectivity index (χ3v) is 1.35. The topological polar surface area (TPSA) is 83.1 Å². The second-order valence-electron chi connectivity index (χ2n) is 4.48. The van der Waals surface area contributed by atoms with E-state index in [1.54, 1.807) is 20.8 Å². The number of amides is 1. The molecule has 0 spiro atoms. The van der Waals surface area contributed by atoms with Crippen LogP contribution in [0.3, 0.4) is 0 Å². The second kappa shape index (κ2) is 7.67. The maximum atomic E-state index is 11.0. The minimum absolute atomic E-state index is 0.0148. The van der Waals surface area contributed by atoms with Gasteiger partial charge in [0.15, 0.2) is 0 Å². The molecule has 0 bridgehead atoms. The van der Waals surface area contributed by atoms with E-state index in [9.17, 15) is 9.59 Å². The van der Waals surface area contributed by atoms with Gasteiger partial charge in [-0.1, -0.05) is 6.58 Å². The molecule has 0 aliphatic carbocycles. The highest BCUT2D eigenvalue weighted by atomic mass is 17.5. The smallest absolute Gasteiger partial charge is 0.442 e. The molecule has 0 aromatic rings. The Hall–Kier alpha value is -1.60. The van der Waals surface area contributed by atoms with Gasteiger partial charge in [0.2, 0.25) is 0 Å². The first-order chi connectivity index (χ1) is 8.22. The Bertz CT molecular complexity index is 307. The molecule has 7 nitrogen and oxygen atoms in total. The van der Waals surface area contributed by atoms with Crippen molar-refractivity contribution in [3.63, 3.8) is 0 Å². The maximum Gasteiger partial charge on any atom is 0.442 e. The van der Waals surface area contributed by atoms with E-state index >= 15 is 0 Å². The van der Waals surface area contributed by atoms with Crippen LogP contribution < -0.4 is 5.32 Å². The third kappa shape index (κ3) is 9.61. The predicted molar refractivity (Wildman–Crippen MR) is 62.2 cm³/mol. The van der Waals surface area contributed by atoms with Crippen molar-refractivity contribution in [2.45, 2.75) is 33.3 Å². The second-order valence-corrected chi connectivity index (χ2v) is 4.48. The lowest BCUT2D eigenvalue weighted by atomic mass is 10.2. The molecule has 104 valence electrons. The van der Waals surface area contributed by atoms with E-state index in [4.69, 9.17) is 9.62 Å². The van der Waals surface area contributed by atoms with E-state index in [2.05, 4.69) is 21.8 Å². The molecule has 0 aromatic heterocycles. The molecule has 0 aromatic carbocycles. The number of hydrogen-bond donors (Lipinski definition) is 1. The summed E-state index contributed by atoms with van der Waals surface area (Å²) in [5.74, 6) is -0.516. The van der Waals surface area contributed by atoms with Gasteiger partial charge in [0.1, 0.15) is 6.61 Å². The molecule has 0 rings (SSSR count). The lowest BCUT2D eigenvalue weighted by Crippen LogP contribution is -2.30. The zero-order valence-electron chi connectivity index (χ0n) is 11.1. The molecular weight excluding hydrogens is 242 g/mol. The van der Waals surface area contributed by atoms with Crippen molar-refractivity contribution >= 4 is 12.1 Å². The Kier molecular flexibility index (Phi) is 6.99. The van der Waals surface area contributed by atoms with Crippen molar-refractivity contribution in [2.24, 2.45) is 0 Å². The molecule has 0 saturated heterocycles. The third-order valence-electron chi connectivity index (χ3n) is 1.35. The van der Waals surface area contributed by atoms with Gasteiger partial charge < -0.3 is 10.1 Å². The molecule has 1 amide bonds. The summed E-state index contributed by atoms with van der Waals surface area (Å²) in [7, 11) is 0. The van der Waals surface area contributed by atoms with Crippen LogP contribution in [-0.2, 0) is 24.3 Å². The number of carbonyl (C=O) groups is 2. The number of rotatable bonds is 6. The van der Waals surface area contributed by atoms with E-state index in [0.717, 1.165) is 0 Å². The van der Waals surface area contributed by atoms with Gasteiger partial charge in [-0.15, -0.1) is 0 Å². The molecule has 0 fully saturated rings. The van der Waals surface area contributed by atoms with E-state index in [1.165, 1.54) is 6.92 Å². The molecular formula is C11H19NO6. The largest absolute Gasteiger partial charge is 0.460 e. The van der Waals surface area contributed by atoms with E-state index in [0.29, 0.717) is 5.57 Å². The van der Waals surface area contributed by atoms with Crippen molar-refractivity contribution in [3.05, 3.63) is 12.2 Å². The lowest BCUT2D eigenvalue weighted by Gasteiger charge is -2.15. The summed E-state index contributed by atoms with van der Waals surface area (Å²) in [5.41, 5.74) is -0.295. The lowest BCUT2D eigenvalue weighted by molar-refractivity contribution is -0.510. The number of nitrogens with one attached hydrogen (secondary N) is 1. The fourth-order valence-electron chi connectivity index (χ4n) is 0.599. The highest BCUT2D eigenvalue weighted by molar-refractivity contribution is 5.86. The van der Waals surface area contributed by atoms with Crippen LogP contribution in [0.5, 0.6) is 0 Å². The monoisotopic (exact) mass is 261 g/mol. The molecule has 7 heteroatoms. The van der Waals surface area contributed by atoms with Crippen LogP contribution in [0.1, 0.15) is 27.7 Å². The first kappa shape index (κ1) is 16.4. The summed E-state index contributed by atoms with van der Waals surface area (Å²) < 4.78 is 4.73. The summed E-state index contributed by atoms with van der Waals surface area (Å²) in [4.78, 5) is 30.9. The number of esters is 1. The first-order valence-electron chi connectivity index (χ1n) is 5.35. The molecule has 18 heavy (non-hydrogen) atoms. The minimum Gasteiger partial charge on any atom is -0.460 e. The number of carbonyl (C=O) groups excluding carboxylic acids is 2. The molecule has 0 radical (unpaired) electrons. The van der Waals surface area contributed by atoms with E-state index in [-0.39, 0.29) is 13.2 Å². The fraction of sp³-hybridized carbons (Fsp3) is 0.636. The van der Waals surface area contributed by atoms with Crippen LogP contribution in [-0.4, -0.2) is 30.8 Å². The zero-order chi connectivity index (χ0) is 14.2. The van der Waals surface area contributed by atoms with Gasteiger partial charge in [0.25, 0.3) is 0 Å². The van der Waals surface area contributed by atoms with Gasteiger partial charge in [-0.3, -0.25) is 0 Å². The van der Waals surface area contributed by atoms with Crippen molar-refractivity contribution in [1.82, 2.24) is 5.32 Å². The normalized spacial score (nSPS) is 10.7. The summed E-state index contributed by atoms with van der Waals surface area (Å²) >= 11 is 0. The molecule has 0 unspecified atom stereocenters. The average Bonchev–Trinajstić information content (AvgIpc) is 2.22. The molecule has 0 aliphatic rings. The summed E-state index contributed by atoms with van der Waals surface area (Å²) in [6.07, 6.45) is -0.842. The number of ether oxygens (including phenoxy) is 1. The Morgan fingerprint density at radius 1 is 1.28 bits per heavy atom. The van der Waals surface area contributed by atoms with Crippen LogP contribution in [0, 0.1) is 0 Å². The Balaban J connectivity index is 3.54. The molecule has 0 aliphatic heterocycles. The molecule has 1 N–H and O–H groups in total. The van der Waals surface area contributed by atoms with Crippen LogP contribution >= 0.6 is 0 Å². The molecule has 0 atom stereocenters. The van der Waals surface area contributed by atoms with E-state index in [1.807, 2.05) is 0 Å². The van der Waals surface area contributed by atoms with E-state index < -0.39 is 17.7 Å². The Labute approximate surface area is 106 Å². The quantitative estimate of drug-likeness (QED) is 0.256. The zero-order valence-corrected chi connectivity index (χ0v) is 11.1. The van der Waals surface area contributed by atoms with Gasteiger partial charge in [0, 0.05) is 5.57 Å². The molecule has 0 saturated carbocycles. The predicted octanol–water partition coefficient (Wildman–Crippen LogP) is 1.49. The van der Waals surface area contributed by atoms with Gasteiger partial charge in [-0.2, -0.15) is 4.89 Å². The highest BCUT2D eigenvalue weighted by Gasteiger charge is 2.14. The van der Waals surface area contributed by atoms with Gasteiger partial charge in [-0.25, -0.2) is 14.5 Å². The standard InChI is InChI=1S/C11H19NO6/c1-8(2)9(13)15-7-6-12-10(14)16-18-17-11(3,4)5/h1,6-7H2,2-5H3,(H,12,14). The van der Waals surface area contributed by atoms with Gasteiger partial charge in [0.05, 0.1) is 12.1 Å². The van der Waals surface area contributed by atoms with Crippen molar-refractivity contribution < 1.29 is 29.1 Å². The highest BCUT2D eigenvalue weighted by Crippen LogP contribution is 2.06. The Morgan fingerprint density at radius 2 is 1.89 bits per heavy atom. The maximum absolute atomic E-state index is 11.0. The summed E-state index contributed by atoms with van der Waals surface area (Å²) in [6.45, 7) is 10.2. The SMILES string of the molecule is C=C(C)C(=O)OCCNC(=O)OOOC(C)(C)C. The van der Waals surface area contributed by atoms with Crippen molar-refractivity contribution in [2.75, 3.05) is 13.2 Å². The summed E-state index contributed by atoms with van der Waals surface area (Å²) in [5, 5.41) is 6.53. The van der Waals surface area contributed by atoms with Crippen LogP contribution in [0.4, 0.5) is 4.79 Å². The first-order valence-corrected chi connectivity index (χ1v) is 5.35. The van der Waals surface area contributed by atoms with Crippen LogP contribution in [0.2, 0.25) is 0 Å². The van der Waals surface area contributed by atoms with Gasteiger partial charge >= 0.3 is 12.1 Å². The van der Waals surface area contributed by atoms with Crippen LogP contribution in [0.15, 0.2) is 12.2 Å². The molecule has 0 heterocycles. The average molecular weight is 261 g/mol. The fourth-order valence-corrected chi connectivity index (χ4v) is 0.599. The summed E-state index contributed by atoms with van der Waals surface area (Å²) in [6, 6.07) is 0. The van der Waals surface area contributed by atoms with Gasteiger partial charge in [-0.05, 0) is 32.7 Å².